The highest BCUT2D eigenvalue weighted by molar-refractivity contribution is 5.79. The van der Waals surface area contributed by atoms with Crippen LogP contribution >= 0.6 is 0 Å². The van der Waals surface area contributed by atoms with Crippen LogP contribution in [0.4, 0.5) is 0 Å². The van der Waals surface area contributed by atoms with Gasteiger partial charge in [0.25, 0.3) is 0 Å². The van der Waals surface area contributed by atoms with Gasteiger partial charge in [-0.1, -0.05) is 24.3 Å². The Morgan fingerprint density at radius 3 is 2.65 bits per heavy atom. The monoisotopic (exact) mass is 275 g/mol. The Bertz CT molecular complexity index is 467. The first-order chi connectivity index (χ1) is 9.69. The Balaban J connectivity index is 1.93. The molecule has 1 aromatic rings. The van der Waals surface area contributed by atoms with E-state index in [1.54, 1.807) is 0 Å². The van der Waals surface area contributed by atoms with Crippen molar-refractivity contribution in [3.05, 3.63) is 35.4 Å². The molecule has 0 unspecified atom stereocenters. The maximum atomic E-state index is 9.34. The lowest BCUT2D eigenvalue weighted by Gasteiger charge is -2.16. The number of aliphatic imine (C=N–C) groups is 1. The molecule has 0 bridgehead atoms. The van der Waals surface area contributed by atoms with Crippen LogP contribution in [0.2, 0.25) is 0 Å². The normalized spacial score (nSPS) is 16.9. The van der Waals surface area contributed by atoms with Crippen molar-refractivity contribution in [2.24, 2.45) is 10.4 Å². The largest absolute Gasteiger partial charge is 0.396 e. The van der Waals surface area contributed by atoms with Crippen molar-refractivity contribution in [3.63, 3.8) is 0 Å². The van der Waals surface area contributed by atoms with Crippen LogP contribution in [-0.4, -0.2) is 30.8 Å². The quantitative estimate of drug-likeness (QED) is 0.548. The minimum absolute atomic E-state index is 0.0961. The second-order valence-electron chi connectivity index (χ2n) is 5.63. The SMILES string of the molecule is CCNC(=NCc1ccccc1C)NCC1(CO)CC1. The summed E-state index contributed by atoms with van der Waals surface area (Å²) < 4.78 is 0. The lowest BCUT2D eigenvalue weighted by Crippen LogP contribution is -2.41. The molecule has 4 heteroatoms. The molecule has 1 aromatic carbocycles. The van der Waals surface area contributed by atoms with Crippen LogP contribution in [0, 0.1) is 12.3 Å². The molecular formula is C16H25N3O. The number of hydrogen-bond acceptors (Lipinski definition) is 2. The van der Waals surface area contributed by atoms with Crippen LogP contribution < -0.4 is 10.6 Å². The van der Waals surface area contributed by atoms with Crippen molar-refractivity contribution < 1.29 is 5.11 Å². The molecule has 0 radical (unpaired) electrons. The third kappa shape index (κ3) is 3.97. The van der Waals surface area contributed by atoms with Gasteiger partial charge in [-0.2, -0.15) is 0 Å². The van der Waals surface area contributed by atoms with Gasteiger partial charge in [0.2, 0.25) is 0 Å². The van der Waals surface area contributed by atoms with E-state index >= 15 is 0 Å². The summed E-state index contributed by atoms with van der Waals surface area (Å²) in [6.45, 7) is 6.74. The molecule has 4 nitrogen and oxygen atoms in total. The summed E-state index contributed by atoms with van der Waals surface area (Å²) in [4.78, 5) is 4.62. The topological polar surface area (TPSA) is 56.7 Å². The van der Waals surface area contributed by atoms with Crippen LogP contribution in [0.5, 0.6) is 0 Å². The zero-order chi connectivity index (χ0) is 14.4. The second-order valence-corrected chi connectivity index (χ2v) is 5.63. The van der Waals surface area contributed by atoms with Gasteiger partial charge in [-0.3, -0.25) is 0 Å². The number of aliphatic hydroxyl groups is 1. The van der Waals surface area contributed by atoms with Gasteiger partial charge in [0, 0.05) is 18.5 Å². The van der Waals surface area contributed by atoms with E-state index in [1.165, 1.54) is 11.1 Å². The van der Waals surface area contributed by atoms with Crippen molar-refractivity contribution >= 4 is 5.96 Å². The van der Waals surface area contributed by atoms with Crippen molar-refractivity contribution in [1.82, 2.24) is 10.6 Å². The number of benzene rings is 1. The first kappa shape index (κ1) is 14.9. The van der Waals surface area contributed by atoms with Crippen molar-refractivity contribution in [1.29, 1.82) is 0 Å². The van der Waals surface area contributed by atoms with E-state index in [0.29, 0.717) is 6.54 Å². The summed E-state index contributed by atoms with van der Waals surface area (Å²) in [6, 6.07) is 8.31. The van der Waals surface area contributed by atoms with Gasteiger partial charge in [-0.05, 0) is 37.8 Å². The van der Waals surface area contributed by atoms with E-state index in [-0.39, 0.29) is 12.0 Å². The Morgan fingerprint density at radius 2 is 2.05 bits per heavy atom. The zero-order valence-electron chi connectivity index (χ0n) is 12.4. The summed E-state index contributed by atoms with van der Waals surface area (Å²) in [5, 5.41) is 15.9. The fourth-order valence-electron chi connectivity index (χ4n) is 2.13. The number of guanidine groups is 1. The summed E-state index contributed by atoms with van der Waals surface area (Å²) in [5.41, 5.74) is 2.60. The van der Waals surface area contributed by atoms with E-state index in [0.717, 1.165) is 31.9 Å². The highest BCUT2D eigenvalue weighted by atomic mass is 16.3. The summed E-state index contributed by atoms with van der Waals surface area (Å²) in [5.74, 6) is 0.829. The molecule has 0 spiro atoms. The van der Waals surface area contributed by atoms with Crippen LogP contribution in [0.25, 0.3) is 0 Å². The molecule has 0 aliphatic heterocycles. The average Bonchev–Trinajstić information content (AvgIpc) is 3.24. The number of rotatable bonds is 6. The van der Waals surface area contributed by atoms with Gasteiger partial charge in [0.05, 0.1) is 13.2 Å². The van der Waals surface area contributed by atoms with E-state index in [9.17, 15) is 5.11 Å². The summed E-state index contributed by atoms with van der Waals surface area (Å²) >= 11 is 0. The molecule has 0 aromatic heterocycles. The molecule has 0 amide bonds. The van der Waals surface area contributed by atoms with Crippen molar-refractivity contribution in [2.75, 3.05) is 19.7 Å². The molecule has 1 fully saturated rings. The highest BCUT2D eigenvalue weighted by Gasteiger charge is 2.41. The smallest absolute Gasteiger partial charge is 0.191 e. The van der Waals surface area contributed by atoms with Gasteiger partial charge in [0.15, 0.2) is 5.96 Å². The predicted octanol–water partition coefficient (Wildman–Crippen LogP) is 1.82. The van der Waals surface area contributed by atoms with Gasteiger partial charge in [-0.25, -0.2) is 4.99 Å². The molecule has 1 saturated carbocycles. The minimum Gasteiger partial charge on any atom is -0.396 e. The van der Waals surface area contributed by atoms with E-state index < -0.39 is 0 Å². The number of nitrogens with one attached hydrogen (secondary N) is 2. The second kappa shape index (κ2) is 6.75. The van der Waals surface area contributed by atoms with E-state index in [4.69, 9.17) is 0 Å². The zero-order valence-corrected chi connectivity index (χ0v) is 12.4. The van der Waals surface area contributed by atoms with Gasteiger partial charge >= 0.3 is 0 Å². The van der Waals surface area contributed by atoms with Gasteiger partial charge in [0.1, 0.15) is 0 Å². The Kier molecular flexibility index (Phi) is 5.01. The molecule has 2 rings (SSSR count). The minimum atomic E-state index is 0.0961. The molecule has 3 N–H and O–H groups in total. The van der Waals surface area contributed by atoms with Crippen molar-refractivity contribution in [2.45, 2.75) is 33.2 Å². The van der Waals surface area contributed by atoms with Crippen LogP contribution in [-0.2, 0) is 6.54 Å². The molecule has 0 saturated heterocycles. The summed E-state index contributed by atoms with van der Waals surface area (Å²) in [7, 11) is 0. The average molecular weight is 275 g/mol. The first-order valence-corrected chi connectivity index (χ1v) is 7.37. The van der Waals surface area contributed by atoms with Gasteiger partial charge in [-0.15, -0.1) is 0 Å². The Hall–Kier alpha value is -1.55. The standard InChI is InChI=1S/C16H25N3O/c1-3-17-15(19-11-16(12-20)8-9-16)18-10-14-7-5-4-6-13(14)2/h4-7,20H,3,8-12H2,1-2H3,(H2,17,18,19). The molecule has 20 heavy (non-hydrogen) atoms. The molecule has 110 valence electrons. The number of hydrogen-bond donors (Lipinski definition) is 3. The van der Waals surface area contributed by atoms with Crippen LogP contribution in [0.15, 0.2) is 29.3 Å². The predicted molar refractivity (Wildman–Crippen MR) is 82.8 cm³/mol. The number of aryl methyl sites for hydroxylation is 1. The maximum Gasteiger partial charge on any atom is 0.191 e. The van der Waals surface area contributed by atoms with Crippen LogP contribution in [0.1, 0.15) is 30.9 Å². The third-order valence-electron chi connectivity index (χ3n) is 3.94. The van der Waals surface area contributed by atoms with E-state index in [2.05, 4.69) is 41.6 Å². The molecule has 0 heterocycles. The number of aliphatic hydroxyl groups excluding tert-OH is 1. The first-order valence-electron chi connectivity index (χ1n) is 7.37. The number of nitrogens with zero attached hydrogens (tertiary/aromatic N) is 1. The van der Waals surface area contributed by atoms with Crippen LogP contribution in [0.3, 0.4) is 0 Å². The Labute approximate surface area is 121 Å². The van der Waals surface area contributed by atoms with Gasteiger partial charge < -0.3 is 15.7 Å². The lowest BCUT2D eigenvalue weighted by atomic mass is 10.1. The maximum absolute atomic E-state index is 9.34. The highest BCUT2D eigenvalue weighted by Crippen LogP contribution is 2.44. The summed E-state index contributed by atoms with van der Waals surface area (Å²) in [6.07, 6.45) is 2.21. The fraction of sp³-hybridized carbons (Fsp3) is 0.562. The molecule has 1 aliphatic carbocycles. The van der Waals surface area contributed by atoms with E-state index in [1.807, 2.05) is 12.1 Å². The lowest BCUT2D eigenvalue weighted by molar-refractivity contribution is 0.212. The van der Waals surface area contributed by atoms with Crippen molar-refractivity contribution in [3.8, 4) is 0 Å². The Morgan fingerprint density at radius 1 is 1.30 bits per heavy atom. The third-order valence-corrected chi connectivity index (χ3v) is 3.94. The molecule has 1 aliphatic rings. The fourth-order valence-corrected chi connectivity index (χ4v) is 2.13. The molecule has 0 atom stereocenters. The molecular weight excluding hydrogens is 250 g/mol.